The van der Waals surface area contributed by atoms with Crippen LogP contribution in [0.5, 0.6) is 5.88 Å². The largest absolute Gasteiger partial charge is 0.854 e. The van der Waals surface area contributed by atoms with E-state index >= 15 is 0 Å². The van der Waals surface area contributed by atoms with E-state index < -0.39 is 5.88 Å². The number of hydrogen-bond acceptors (Lipinski definition) is 5. The van der Waals surface area contributed by atoms with Crippen LogP contribution in [0.25, 0.3) is 28.1 Å². The highest BCUT2D eigenvalue weighted by molar-refractivity contribution is 5.90. The van der Waals surface area contributed by atoms with Gasteiger partial charge in [-0.05, 0) is 36.3 Å². The summed E-state index contributed by atoms with van der Waals surface area (Å²) in [6.45, 7) is 2.00. The lowest BCUT2D eigenvalue weighted by Crippen LogP contribution is -2.31. The average Bonchev–Trinajstić information content (AvgIpc) is 3.28. The van der Waals surface area contributed by atoms with Crippen molar-refractivity contribution in [2.75, 3.05) is 0 Å². The maximum atomic E-state index is 12.6. The fraction of sp³-hybridized carbons (Fsp3) is 0.0556. The fourth-order valence-electron chi connectivity index (χ4n) is 2.90. The molecule has 0 saturated carbocycles. The zero-order chi connectivity index (χ0) is 17.7. The number of nitrogens with zero attached hydrogens (tertiary/aromatic N) is 7. The minimum atomic E-state index is -0.407. The summed E-state index contributed by atoms with van der Waals surface area (Å²) in [5.41, 5.74) is 3.95. The second-order valence-corrected chi connectivity index (χ2v) is 6.00. The summed E-state index contributed by atoms with van der Waals surface area (Å²) >= 11 is 0. The van der Waals surface area contributed by atoms with E-state index in [4.69, 9.17) is 0 Å². The highest BCUT2D eigenvalue weighted by atomic mass is 16.3. The Hall–Kier alpha value is -3.81. The van der Waals surface area contributed by atoms with Crippen molar-refractivity contribution in [2.45, 2.75) is 6.92 Å². The molecule has 26 heavy (non-hydrogen) atoms. The Morgan fingerprint density at radius 2 is 1.77 bits per heavy atom. The van der Waals surface area contributed by atoms with Crippen LogP contribution in [-0.2, 0) is 0 Å². The first-order valence-electron chi connectivity index (χ1n) is 8.07. The summed E-state index contributed by atoms with van der Waals surface area (Å²) in [5.74, 6) is -0.407. The summed E-state index contributed by atoms with van der Waals surface area (Å²) in [6.07, 6.45) is 1.65. The Morgan fingerprint density at radius 1 is 1.00 bits per heavy atom. The summed E-state index contributed by atoms with van der Waals surface area (Å²) < 4.78 is 4.60. The van der Waals surface area contributed by atoms with Gasteiger partial charge in [-0.15, -0.1) is 5.10 Å². The number of rotatable bonds is 2. The van der Waals surface area contributed by atoms with Gasteiger partial charge in [0.25, 0.3) is 6.33 Å². The smallest absolute Gasteiger partial charge is 0.316 e. The number of fused-ring (bicyclic) bond motifs is 3. The lowest BCUT2D eigenvalue weighted by molar-refractivity contribution is -0.655. The second kappa shape index (κ2) is 5.35. The topological polar surface area (TPSA) is 87.8 Å². The average molecular weight is 343 g/mol. The molecule has 5 rings (SSSR count). The van der Waals surface area contributed by atoms with Crippen LogP contribution in [0, 0.1) is 6.92 Å². The van der Waals surface area contributed by atoms with Crippen molar-refractivity contribution in [3.05, 3.63) is 66.5 Å². The number of aromatic nitrogens is 7. The quantitative estimate of drug-likeness (QED) is 0.448. The minimum Gasteiger partial charge on any atom is -0.854 e. The van der Waals surface area contributed by atoms with Gasteiger partial charge in [-0.1, -0.05) is 55.4 Å². The molecule has 0 fully saturated rings. The molecule has 0 aliphatic heterocycles. The van der Waals surface area contributed by atoms with Gasteiger partial charge in [-0.25, -0.2) is 4.68 Å². The van der Waals surface area contributed by atoms with Crippen molar-refractivity contribution >= 4 is 16.7 Å². The molecule has 5 aromatic rings. The molecule has 8 heteroatoms. The number of hydrogen-bond donors (Lipinski definition) is 0. The molecule has 3 heterocycles. The first kappa shape index (κ1) is 14.5. The highest BCUT2D eigenvalue weighted by Gasteiger charge is 2.21. The third-order valence-corrected chi connectivity index (χ3v) is 4.22. The van der Waals surface area contributed by atoms with Crippen LogP contribution in [0.3, 0.4) is 0 Å². The summed E-state index contributed by atoms with van der Waals surface area (Å²) in [4.78, 5) is 0. The summed E-state index contributed by atoms with van der Waals surface area (Å²) in [7, 11) is 0. The molecule has 0 saturated heterocycles. The number of aryl methyl sites for hydroxylation is 1. The molecule has 0 amide bonds. The van der Waals surface area contributed by atoms with Crippen LogP contribution in [0.4, 0.5) is 0 Å². The van der Waals surface area contributed by atoms with Gasteiger partial charge in [-0.2, -0.15) is 0 Å². The van der Waals surface area contributed by atoms with Gasteiger partial charge < -0.3 is 5.11 Å². The van der Waals surface area contributed by atoms with Crippen LogP contribution in [0.1, 0.15) is 5.56 Å². The molecule has 0 aliphatic rings. The second-order valence-electron chi connectivity index (χ2n) is 6.00. The van der Waals surface area contributed by atoms with E-state index in [9.17, 15) is 5.11 Å². The molecule has 0 radical (unpaired) electrons. The molecular formula is C18H13N7O. The van der Waals surface area contributed by atoms with Gasteiger partial charge in [0.1, 0.15) is 5.52 Å². The Bertz CT molecular complexity index is 1240. The van der Waals surface area contributed by atoms with Gasteiger partial charge in [0.15, 0.2) is 11.2 Å². The molecule has 0 bridgehead atoms. The third kappa shape index (κ3) is 2.12. The van der Waals surface area contributed by atoms with E-state index in [0.29, 0.717) is 16.7 Å². The molecule has 0 spiro atoms. The lowest BCUT2D eigenvalue weighted by Gasteiger charge is -2.07. The van der Waals surface area contributed by atoms with Crippen molar-refractivity contribution in [3.8, 4) is 17.3 Å². The maximum Gasteiger partial charge on any atom is 0.316 e. The van der Waals surface area contributed by atoms with Crippen LogP contribution in [-0.4, -0.2) is 29.7 Å². The molecule has 8 nitrogen and oxygen atoms in total. The highest BCUT2D eigenvalue weighted by Crippen LogP contribution is 2.24. The molecular weight excluding hydrogens is 330 g/mol. The van der Waals surface area contributed by atoms with Crippen LogP contribution in [0.2, 0.25) is 0 Å². The van der Waals surface area contributed by atoms with Crippen molar-refractivity contribution in [2.24, 2.45) is 0 Å². The van der Waals surface area contributed by atoms with Crippen molar-refractivity contribution in [1.29, 1.82) is 0 Å². The Morgan fingerprint density at radius 3 is 2.54 bits per heavy atom. The molecule has 0 atom stereocenters. The van der Waals surface area contributed by atoms with E-state index in [-0.39, 0.29) is 0 Å². The molecule has 126 valence electrons. The number of benzene rings is 2. The Kier molecular flexibility index (Phi) is 2.99. The molecule has 2 aromatic carbocycles. The van der Waals surface area contributed by atoms with Crippen molar-refractivity contribution < 1.29 is 9.79 Å². The van der Waals surface area contributed by atoms with Crippen molar-refractivity contribution in [3.63, 3.8) is 0 Å². The zero-order valence-corrected chi connectivity index (χ0v) is 13.8. The van der Waals surface area contributed by atoms with Gasteiger partial charge in [-0.3, -0.25) is 0 Å². The van der Waals surface area contributed by atoms with Crippen LogP contribution >= 0.6 is 0 Å². The summed E-state index contributed by atoms with van der Waals surface area (Å²) in [5, 5.41) is 29.6. The van der Waals surface area contributed by atoms with Gasteiger partial charge in [0.05, 0.1) is 11.6 Å². The van der Waals surface area contributed by atoms with Gasteiger partial charge in [0.2, 0.25) is 0 Å². The number of para-hydroxylation sites is 1. The normalized spacial score (nSPS) is 11.4. The molecule has 0 aliphatic carbocycles. The Balaban J connectivity index is 1.76. The minimum absolute atomic E-state index is 0.312. The van der Waals surface area contributed by atoms with Crippen LogP contribution < -0.4 is 9.79 Å². The monoisotopic (exact) mass is 343 g/mol. The van der Waals surface area contributed by atoms with E-state index in [1.54, 1.807) is 11.0 Å². The predicted octanol–water partition coefficient (Wildman–Crippen LogP) is 1.12. The van der Waals surface area contributed by atoms with E-state index in [1.165, 1.54) is 9.20 Å². The predicted molar refractivity (Wildman–Crippen MR) is 91.1 cm³/mol. The Labute approximate surface area is 147 Å². The molecule has 0 N–H and O–H groups in total. The standard InChI is InChI=1S/C18H13N7O/c1-12-7-9-14(10-8-12)25-16-15(19-22-25)17-20-23(11-24(17)21-18(16)26)13-5-3-2-4-6-13/h2-11H,1H3. The first-order valence-corrected chi connectivity index (χ1v) is 8.07. The molecule has 0 unspecified atom stereocenters. The lowest BCUT2D eigenvalue weighted by atomic mass is 10.2. The van der Waals surface area contributed by atoms with E-state index in [1.807, 2.05) is 61.5 Å². The van der Waals surface area contributed by atoms with Gasteiger partial charge >= 0.3 is 5.65 Å². The van der Waals surface area contributed by atoms with E-state index in [0.717, 1.165) is 16.9 Å². The van der Waals surface area contributed by atoms with E-state index in [2.05, 4.69) is 20.5 Å². The summed E-state index contributed by atoms with van der Waals surface area (Å²) in [6, 6.07) is 17.3. The third-order valence-electron chi connectivity index (χ3n) is 4.22. The maximum absolute atomic E-state index is 12.6. The molecule has 3 aromatic heterocycles. The first-order chi connectivity index (χ1) is 12.7. The fourth-order valence-corrected chi connectivity index (χ4v) is 2.90. The van der Waals surface area contributed by atoms with Crippen molar-refractivity contribution in [1.82, 2.24) is 29.7 Å². The SMILES string of the molecule is Cc1ccc(-n2nnc3c2c([O-])nn2c[n+](-c4ccccc4)nc32)cc1. The van der Waals surface area contributed by atoms with Crippen LogP contribution in [0.15, 0.2) is 60.9 Å². The van der Waals surface area contributed by atoms with Gasteiger partial charge in [0, 0.05) is 0 Å². The zero-order valence-electron chi connectivity index (χ0n) is 13.8.